The number of nitrogens with two attached hydrogens (primary N) is 1. The first-order valence-corrected chi connectivity index (χ1v) is 8.41. The molecule has 1 atom stereocenters. The lowest BCUT2D eigenvalue weighted by Crippen LogP contribution is -2.20. The van der Waals surface area contributed by atoms with Crippen LogP contribution in [0.2, 0.25) is 0 Å². The summed E-state index contributed by atoms with van der Waals surface area (Å²) < 4.78 is 0. The lowest BCUT2D eigenvalue weighted by Gasteiger charge is -2.09. The van der Waals surface area contributed by atoms with Crippen LogP contribution in [0, 0.1) is 0 Å². The number of carbonyl (C=O) groups is 2. The van der Waals surface area contributed by atoms with Crippen LogP contribution >= 0.6 is 11.3 Å². The third kappa shape index (κ3) is 3.66. The Morgan fingerprint density at radius 3 is 2.20 bits per heavy atom. The number of rotatable bonds is 5. The maximum Gasteiger partial charge on any atom is 0.284 e. The molecule has 5 nitrogen and oxygen atoms in total. The molecule has 0 saturated carbocycles. The largest absolute Gasteiger partial charge is 0.317 e. The Labute approximate surface area is 148 Å². The number of amides is 1. The van der Waals surface area contributed by atoms with E-state index in [4.69, 9.17) is 10.9 Å². The molecule has 0 spiro atoms. The molecule has 0 bridgehead atoms. The number of carbonyl (C=O) groups excluding carboxylic acids is 2. The first kappa shape index (κ1) is 17.0. The average Bonchev–Trinajstić information content (AvgIpc) is 3.17. The first-order chi connectivity index (χ1) is 12.1. The van der Waals surface area contributed by atoms with Crippen LogP contribution in [0.25, 0.3) is 11.1 Å². The van der Waals surface area contributed by atoms with E-state index in [-0.39, 0.29) is 5.78 Å². The second-order valence-electron chi connectivity index (χ2n) is 5.43. The molecule has 1 unspecified atom stereocenters. The SMILES string of the molecule is NC(C(=O)c1ccc(-c2ccccc2)cc1)c1ccc(C(=O)NO)s1. The van der Waals surface area contributed by atoms with Crippen molar-refractivity contribution in [1.82, 2.24) is 5.48 Å². The van der Waals surface area contributed by atoms with Crippen molar-refractivity contribution in [1.29, 1.82) is 0 Å². The number of hydroxylamine groups is 1. The van der Waals surface area contributed by atoms with Gasteiger partial charge in [-0.05, 0) is 23.3 Å². The van der Waals surface area contributed by atoms with Crippen LogP contribution in [0.1, 0.15) is 30.9 Å². The topological polar surface area (TPSA) is 92.4 Å². The van der Waals surface area contributed by atoms with Gasteiger partial charge in [-0.25, -0.2) is 5.48 Å². The van der Waals surface area contributed by atoms with Gasteiger partial charge in [-0.1, -0.05) is 54.6 Å². The number of hydrogen-bond donors (Lipinski definition) is 3. The molecule has 0 aliphatic rings. The predicted molar refractivity (Wildman–Crippen MR) is 96.7 cm³/mol. The Morgan fingerprint density at radius 2 is 1.56 bits per heavy atom. The van der Waals surface area contributed by atoms with Gasteiger partial charge in [0, 0.05) is 10.4 Å². The highest BCUT2D eigenvalue weighted by Crippen LogP contribution is 2.26. The average molecular weight is 352 g/mol. The first-order valence-electron chi connectivity index (χ1n) is 7.59. The zero-order chi connectivity index (χ0) is 17.8. The quantitative estimate of drug-likeness (QED) is 0.373. The number of Topliss-reactive ketones (excluding diaryl/α,β-unsaturated/α-hetero) is 1. The lowest BCUT2D eigenvalue weighted by atomic mass is 9.99. The van der Waals surface area contributed by atoms with E-state index in [0.717, 1.165) is 22.5 Å². The third-order valence-corrected chi connectivity index (χ3v) is 4.98. The highest BCUT2D eigenvalue weighted by atomic mass is 32.1. The summed E-state index contributed by atoms with van der Waals surface area (Å²) in [5.74, 6) is -0.847. The van der Waals surface area contributed by atoms with Crippen molar-refractivity contribution in [3.05, 3.63) is 82.0 Å². The zero-order valence-corrected chi connectivity index (χ0v) is 14.0. The van der Waals surface area contributed by atoms with E-state index in [9.17, 15) is 9.59 Å². The van der Waals surface area contributed by atoms with Crippen molar-refractivity contribution in [2.75, 3.05) is 0 Å². The Morgan fingerprint density at radius 1 is 0.920 bits per heavy atom. The standard InChI is InChI=1S/C19H16N2O3S/c20-17(15-10-11-16(25-15)19(23)21-24)18(22)14-8-6-13(7-9-14)12-4-2-1-3-5-12/h1-11,17,24H,20H2,(H,21,23). The number of thiophene rings is 1. The van der Waals surface area contributed by atoms with E-state index in [1.54, 1.807) is 23.7 Å². The van der Waals surface area contributed by atoms with Crippen molar-refractivity contribution < 1.29 is 14.8 Å². The molecule has 0 aliphatic carbocycles. The van der Waals surface area contributed by atoms with Crippen molar-refractivity contribution in [3.8, 4) is 11.1 Å². The Balaban J connectivity index is 1.78. The molecule has 3 aromatic rings. The smallest absolute Gasteiger partial charge is 0.284 e. The van der Waals surface area contributed by atoms with Gasteiger partial charge >= 0.3 is 0 Å². The number of ketones is 1. The zero-order valence-electron chi connectivity index (χ0n) is 13.2. The summed E-state index contributed by atoms with van der Waals surface area (Å²) in [6.07, 6.45) is 0. The summed E-state index contributed by atoms with van der Waals surface area (Å²) >= 11 is 1.08. The Kier molecular flexibility index (Phi) is 5.04. The molecule has 3 rings (SSSR count). The minimum absolute atomic E-state index is 0.225. The molecule has 1 aromatic heterocycles. The van der Waals surface area contributed by atoms with E-state index in [1.807, 2.05) is 42.5 Å². The van der Waals surface area contributed by atoms with E-state index >= 15 is 0 Å². The summed E-state index contributed by atoms with van der Waals surface area (Å²) in [5, 5.41) is 8.65. The molecule has 0 radical (unpaired) electrons. The number of hydrogen-bond acceptors (Lipinski definition) is 5. The van der Waals surface area contributed by atoms with Crippen LogP contribution in [0.5, 0.6) is 0 Å². The Hall–Kier alpha value is -2.80. The van der Waals surface area contributed by atoms with Gasteiger partial charge in [0.1, 0.15) is 6.04 Å². The summed E-state index contributed by atoms with van der Waals surface area (Å²) in [6, 6.07) is 19.4. The Bertz CT molecular complexity index is 889. The second kappa shape index (κ2) is 7.40. The molecule has 0 aliphatic heterocycles. The highest BCUT2D eigenvalue weighted by Gasteiger charge is 2.21. The normalized spacial score (nSPS) is 11.8. The maximum atomic E-state index is 12.6. The van der Waals surface area contributed by atoms with Crippen molar-refractivity contribution in [2.45, 2.75) is 6.04 Å². The fourth-order valence-electron chi connectivity index (χ4n) is 2.46. The van der Waals surface area contributed by atoms with Crippen LogP contribution in [-0.2, 0) is 0 Å². The van der Waals surface area contributed by atoms with E-state index < -0.39 is 11.9 Å². The van der Waals surface area contributed by atoms with Gasteiger partial charge in [0.15, 0.2) is 5.78 Å². The monoisotopic (exact) mass is 352 g/mol. The lowest BCUT2D eigenvalue weighted by molar-refractivity contribution is 0.0711. The third-order valence-electron chi connectivity index (χ3n) is 3.82. The molecule has 0 saturated heterocycles. The van der Waals surface area contributed by atoms with Gasteiger partial charge in [-0.2, -0.15) is 0 Å². The van der Waals surface area contributed by atoms with Crippen LogP contribution in [0.4, 0.5) is 0 Å². The van der Waals surface area contributed by atoms with Gasteiger partial charge in [0.25, 0.3) is 5.91 Å². The molecule has 25 heavy (non-hydrogen) atoms. The van der Waals surface area contributed by atoms with Crippen molar-refractivity contribution in [2.24, 2.45) is 5.73 Å². The molecule has 2 aromatic carbocycles. The van der Waals surface area contributed by atoms with Gasteiger partial charge < -0.3 is 5.73 Å². The molecule has 1 amide bonds. The highest BCUT2D eigenvalue weighted by molar-refractivity contribution is 7.14. The molecule has 1 heterocycles. The van der Waals surface area contributed by atoms with Gasteiger partial charge in [-0.3, -0.25) is 14.8 Å². The fourth-order valence-corrected chi connectivity index (χ4v) is 3.36. The minimum atomic E-state index is -0.854. The molecular formula is C19H16N2O3S. The van der Waals surface area contributed by atoms with Crippen molar-refractivity contribution >= 4 is 23.0 Å². The van der Waals surface area contributed by atoms with E-state index in [1.165, 1.54) is 6.07 Å². The minimum Gasteiger partial charge on any atom is -0.317 e. The van der Waals surface area contributed by atoms with Crippen LogP contribution in [0.3, 0.4) is 0 Å². The molecule has 4 N–H and O–H groups in total. The molecular weight excluding hydrogens is 336 g/mol. The summed E-state index contributed by atoms with van der Waals surface area (Å²) in [4.78, 5) is 24.8. The summed E-state index contributed by atoms with van der Waals surface area (Å²) in [5.41, 5.74) is 10.2. The van der Waals surface area contributed by atoms with Gasteiger partial charge in [0.2, 0.25) is 0 Å². The van der Waals surface area contributed by atoms with Crippen molar-refractivity contribution in [3.63, 3.8) is 0 Å². The maximum absolute atomic E-state index is 12.6. The molecule has 126 valence electrons. The van der Waals surface area contributed by atoms with E-state index in [2.05, 4.69) is 0 Å². The number of nitrogens with one attached hydrogen (secondary N) is 1. The summed E-state index contributed by atoms with van der Waals surface area (Å²) in [7, 11) is 0. The second-order valence-corrected chi connectivity index (χ2v) is 6.54. The van der Waals surface area contributed by atoms with Crippen LogP contribution in [-0.4, -0.2) is 16.9 Å². The van der Waals surface area contributed by atoms with Crippen LogP contribution < -0.4 is 11.2 Å². The molecule has 6 heteroatoms. The predicted octanol–water partition coefficient (Wildman–Crippen LogP) is 3.42. The van der Waals surface area contributed by atoms with Gasteiger partial charge in [-0.15, -0.1) is 11.3 Å². The summed E-state index contributed by atoms with van der Waals surface area (Å²) in [6.45, 7) is 0. The number of benzene rings is 2. The van der Waals surface area contributed by atoms with E-state index in [0.29, 0.717) is 15.3 Å². The molecule has 0 fully saturated rings. The van der Waals surface area contributed by atoms with Gasteiger partial charge in [0.05, 0.1) is 4.88 Å². The van der Waals surface area contributed by atoms with Crippen LogP contribution in [0.15, 0.2) is 66.7 Å². The fraction of sp³-hybridized carbons (Fsp3) is 0.0526.